The minimum Gasteiger partial charge on any atom is -0.299 e. The van der Waals surface area contributed by atoms with E-state index in [0.29, 0.717) is 16.6 Å². The highest BCUT2D eigenvalue weighted by Crippen LogP contribution is 2.21. The van der Waals surface area contributed by atoms with E-state index in [2.05, 4.69) is 20.9 Å². The van der Waals surface area contributed by atoms with Gasteiger partial charge in [0, 0.05) is 23.4 Å². The first-order valence-corrected chi connectivity index (χ1v) is 5.14. The molecule has 0 atom stereocenters. The van der Waals surface area contributed by atoms with Gasteiger partial charge < -0.3 is 0 Å². The quantitative estimate of drug-likeness (QED) is 0.623. The topological polar surface area (TPSA) is 73.1 Å². The Labute approximate surface area is 94.8 Å². The Kier molecular flexibility index (Phi) is 3.90. The number of carbonyl (C=O) groups excluding carboxylic acids is 1. The number of aromatic nitrogens is 1. The van der Waals surface area contributed by atoms with Gasteiger partial charge in [0.2, 0.25) is 0 Å². The molecule has 0 amide bonds. The number of ketones is 1. The first-order chi connectivity index (χ1) is 7.04. The monoisotopic (exact) mass is 272 g/mol. The second-order valence-electron chi connectivity index (χ2n) is 2.95. The van der Waals surface area contributed by atoms with Crippen LogP contribution in [0.4, 0.5) is 5.69 Å². The molecule has 1 aromatic rings. The van der Waals surface area contributed by atoms with Gasteiger partial charge >= 0.3 is 0 Å². The second kappa shape index (κ2) is 4.97. The van der Waals surface area contributed by atoms with E-state index in [1.807, 2.05) is 0 Å². The highest BCUT2D eigenvalue weighted by molar-refractivity contribution is 9.10. The highest BCUT2D eigenvalue weighted by Gasteiger charge is 2.12. The standard InChI is InChI=1S/C9H9BrN2O3/c1-2-7(13)4-9-8(10)3-6(5-11-9)12(14)15/h3,5H,2,4H2,1H3. The maximum absolute atomic E-state index is 11.2. The summed E-state index contributed by atoms with van der Waals surface area (Å²) in [5, 5.41) is 10.4. The van der Waals surface area contributed by atoms with E-state index in [-0.39, 0.29) is 17.9 Å². The molecule has 15 heavy (non-hydrogen) atoms. The van der Waals surface area contributed by atoms with Crippen molar-refractivity contribution in [1.82, 2.24) is 4.98 Å². The van der Waals surface area contributed by atoms with E-state index in [0.717, 1.165) is 6.20 Å². The fourth-order valence-electron chi connectivity index (χ4n) is 0.998. The minimum absolute atomic E-state index is 0.0528. The summed E-state index contributed by atoms with van der Waals surface area (Å²) in [6.45, 7) is 1.77. The van der Waals surface area contributed by atoms with Crippen LogP contribution in [0.1, 0.15) is 19.0 Å². The lowest BCUT2D eigenvalue weighted by Gasteiger charge is -2.01. The van der Waals surface area contributed by atoms with Crippen LogP contribution in [0.25, 0.3) is 0 Å². The zero-order valence-corrected chi connectivity index (χ0v) is 9.65. The van der Waals surface area contributed by atoms with Gasteiger partial charge in [-0.25, -0.2) is 0 Å². The Morgan fingerprint density at radius 2 is 2.33 bits per heavy atom. The summed E-state index contributed by atoms with van der Waals surface area (Å²) in [6.07, 6.45) is 1.79. The predicted octanol–water partition coefficient (Wildman–Crippen LogP) is 2.27. The van der Waals surface area contributed by atoms with Gasteiger partial charge in [-0.15, -0.1) is 0 Å². The van der Waals surface area contributed by atoms with Crippen molar-refractivity contribution in [2.45, 2.75) is 19.8 Å². The number of carbonyl (C=O) groups is 1. The first kappa shape index (κ1) is 11.8. The molecule has 0 aromatic carbocycles. The molecule has 0 aliphatic heterocycles. The number of Topliss-reactive ketones (excluding diaryl/α,β-unsaturated/α-hetero) is 1. The molecule has 0 saturated carbocycles. The maximum atomic E-state index is 11.2. The third kappa shape index (κ3) is 3.09. The Morgan fingerprint density at radius 1 is 1.67 bits per heavy atom. The highest BCUT2D eigenvalue weighted by atomic mass is 79.9. The zero-order chi connectivity index (χ0) is 11.4. The smallest absolute Gasteiger partial charge is 0.288 e. The molecule has 1 aromatic heterocycles. The molecule has 5 nitrogen and oxygen atoms in total. The van der Waals surface area contributed by atoms with Crippen LogP contribution in [-0.2, 0) is 11.2 Å². The van der Waals surface area contributed by atoms with Crippen molar-refractivity contribution in [1.29, 1.82) is 0 Å². The lowest BCUT2D eigenvalue weighted by Crippen LogP contribution is -2.03. The first-order valence-electron chi connectivity index (χ1n) is 4.35. The molecule has 0 N–H and O–H groups in total. The van der Waals surface area contributed by atoms with E-state index >= 15 is 0 Å². The number of nitro groups is 1. The fraction of sp³-hybridized carbons (Fsp3) is 0.333. The second-order valence-corrected chi connectivity index (χ2v) is 3.80. The molecule has 0 radical (unpaired) electrons. The molecule has 0 fully saturated rings. The van der Waals surface area contributed by atoms with E-state index in [4.69, 9.17) is 0 Å². The Hall–Kier alpha value is -1.30. The largest absolute Gasteiger partial charge is 0.299 e. The van der Waals surface area contributed by atoms with Crippen molar-refractivity contribution >= 4 is 27.4 Å². The molecule has 0 aliphatic rings. The summed E-state index contributed by atoms with van der Waals surface area (Å²) in [5.41, 5.74) is 0.446. The number of nitrogens with zero attached hydrogens (tertiary/aromatic N) is 2. The van der Waals surface area contributed by atoms with Crippen molar-refractivity contribution in [3.05, 3.63) is 32.5 Å². The van der Waals surface area contributed by atoms with Gasteiger partial charge in [-0.05, 0) is 15.9 Å². The Balaban J connectivity index is 2.93. The van der Waals surface area contributed by atoms with Crippen LogP contribution in [0.2, 0.25) is 0 Å². The molecule has 0 bridgehead atoms. The summed E-state index contributed by atoms with van der Waals surface area (Å²) < 4.78 is 0.499. The molecule has 0 unspecified atom stereocenters. The summed E-state index contributed by atoms with van der Waals surface area (Å²) in [5.74, 6) is 0.0528. The molecule has 1 rings (SSSR count). The Bertz CT molecular complexity index is 406. The van der Waals surface area contributed by atoms with Gasteiger partial charge in [0.05, 0.1) is 10.6 Å². The third-order valence-electron chi connectivity index (χ3n) is 1.87. The van der Waals surface area contributed by atoms with Crippen LogP contribution in [0.3, 0.4) is 0 Å². The van der Waals surface area contributed by atoms with Crippen LogP contribution in [0.15, 0.2) is 16.7 Å². The van der Waals surface area contributed by atoms with Gasteiger partial charge in [0.25, 0.3) is 5.69 Å². The van der Waals surface area contributed by atoms with Crippen LogP contribution < -0.4 is 0 Å². The van der Waals surface area contributed by atoms with Crippen LogP contribution in [0.5, 0.6) is 0 Å². The molecular weight excluding hydrogens is 264 g/mol. The lowest BCUT2D eigenvalue weighted by atomic mass is 10.1. The summed E-state index contributed by atoms with van der Waals surface area (Å²) in [7, 11) is 0. The average molecular weight is 273 g/mol. The predicted molar refractivity (Wildman–Crippen MR) is 57.6 cm³/mol. The molecule has 80 valence electrons. The molecule has 6 heteroatoms. The Morgan fingerprint density at radius 3 is 2.80 bits per heavy atom. The number of hydrogen-bond donors (Lipinski definition) is 0. The van der Waals surface area contributed by atoms with Gasteiger partial charge in [0.1, 0.15) is 12.0 Å². The van der Waals surface area contributed by atoms with Gasteiger partial charge in [-0.3, -0.25) is 19.9 Å². The third-order valence-corrected chi connectivity index (χ3v) is 2.56. The number of pyridine rings is 1. The number of hydrogen-bond acceptors (Lipinski definition) is 4. The van der Waals surface area contributed by atoms with Crippen molar-refractivity contribution in [2.24, 2.45) is 0 Å². The number of rotatable bonds is 4. The van der Waals surface area contributed by atoms with Crippen molar-refractivity contribution < 1.29 is 9.72 Å². The van der Waals surface area contributed by atoms with Crippen LogP contribution in [-0.4, -0.2) is 15.7 Å². The van der Waals surface area contributed by atoms with E-state index in [1.165, 1.54) is 6.07 Å². The molecule has 1 heterocycles. The van der Waals surface area contributed by atoms with Gasteiger partial charge in [-0.2, -0.15) is 0 Å². The molecular formula is C9H9BrN2O3. The SMILES string of the molecule is CCC(=O)Cc1ncc([N+](=O)[O-])cc1Br. The van der Waals surface area contributed by atoms with E-state index in [1.54, 1.807) is 6.92 Å². The van der Waals surface area contributed by atoms with Crippen molar-refractivity contribution in [2.75, 3.05) is 0 Å². The zero-order valence-electron chi connectivity index (χ0n) is 8.07. The van der Waals surface area contributed by atoms with Crippen LogP contribution in [0, 0.1) is 10.1 Å². The van der Waals surface area contributed by atoms with E-state index in [9.17, 15) is 14.9 Å². The lowest BCUT2D eigenvalue weighted by molar-refractivity contribution is -0.385. The minimum atomic E-state index is -0.525. The van der Waals surface area contributed by atoms with Crippen molar-refractivity contribution in [3.63, 3.8) is 0 Å². The van der Waals surface area contributed by atoms with Gasteiger partial charge in [-0.1, -0.05) is 6.92 Å². The van der Waals surface area contributed by atoms with E-state index < -0.39 is 4.92 Å². The van der Waals surface area contributed by atoms with Crippen molar-refractivity contribution in [3.8, 4) is 0 Å². The summed E-state index contributed by atoms with van der Waals surface area (Å²) in [4.78, 5) is 24.9. The number of halogens is 1. The summed E-state index contributed by atoms with van der Waals surface area (Å²) >= 11 is 3.15. The molecule has 0 aliphatic carbocycles. The average Bonchev–Trinajstić information content (AvgIpc) is 2.20. The maximum Gasteiger partial charge on any atom is 0.288 e. The molecule has 0 saturated heterocycles. The van der Waals surface area contributed by atoms with Crippen LogP contribution >= 0.6 is 15.9 Å². The normalized spacial score (nSPS) is 10.0. The molecule has 0 spiro atoms. The fourth-order valence-corrected chi connectivity index (χ4v) is 1.47. The van der Waals surface area contributed by atoms with Gasteiger partial charge in [0.15, 0.2) is 0 Å². The summed E-state index contributed by atoms with van der Waals surface area (Å²) in [6, 6.07) is 1.35.